The highest BCUT2D eigenvalue weighted by atomic mass is 16.5. The minimum atomic E-state index is -0.0628. The first-order chi connectivity index (χ1) is 11.7. The molecule has 5 heteroatoms. The van der Waals surface area contributed by atoms with Gasteiger partial charge in [-0.1, -0.05) is 12.8 Å². The monoisotopic (exact) mass is 334 g/mol. The quantitative estimate of drug-likeness (QED) is 0.742. The van der Waals surface area contributed by atoms with E-state index in [2.05, 4.69) is 10.2 Å². The number of methoxy groups -OCH3 is 1. The molecule has 1 fully saturated rings. The molecule has 0 unspecified atom stereocenters. The zero-order chi connectivity index (χ0) is 17.2. The molecule has 1 aliphatic rings. The molecule has 134 valence electrons. The van der Waals surface area contributed by atoms with E-state index in [1.54, 1.807) is 25.3 Å². The summed E-state index contributed by atoms with van der Waals surface area (Å²) in [6, 6.07) is 5.29. The Morgan fingerprint density at radius 3 is 2.58 bits per heavy atom. The zero-order valence-corrected chi connectivity index (χ0v) is 15.0. The van der Waals surface area contributed by atoms with E-state index in [4.69, 9.17) is 9.47 Å². The summed E-state index contributed by atoms with van der Waals surface area (Å²) in [6.07, 6.45) is 6.30. The van der Waals surface area contributed by atoms with E-state index in [1.165, 1.54) is 38.8 Å². The molecule has 0 atom stereocenters. The minimum Gasteiger partial charge on any atom is -0.493 e. The number of amides is 1. The maximum Gasteiger partial charge on any atom is 0.251 e. The van der Waals surface area contributed by atoms with Gasteiger partial charge in [-0.3, -0.25) is 4.79 Å². The van der Waals surface area contributed by atoms with Gasteiger partial charge in [0.15, 0.2) is 11.5 Å². The molecule has 0 bridgehead atoms. The van der Waals surface area contributed by atoms with E-state index in [0.29, 0.717) is 30.2 Å². The Hall–Kier alpha value is -1.75. The summed E-state index contributed by atoms with van der Waals surface area (Å²) in [6.45, 7) is 6.65. The molecule has 0 saturated carbocycles. The van der Waals surface area contributed by atoms with Crippen LogP contribution < -0.4 is 14.8 Å². The number of ether oxygens (including phenoxy) is 2. The number of hydrogen-bond acceptors (Lipinski definition) is 4. The smallest absolute Gasteiger partial charge is 0.251 e. The molecule has 0 spiro atoms. The van der Waals surface area contributed by atoms with Gasteiger partial charge in [0.05, 0.1) is 13.7 Å². The van der Waals surface area contributed by atoms with Crippen LogP contribution in [0.15, 0.2) is 18.2 Å². The molecule has 24 heavy (non-hydrogen) atoms. The lowest BCUT2D eigenvalue weighted by Crippen LogP contribution is -2.30. The molecule has 1 aliphatic heterocycles. The molecule has 1 heterocycles. The Morgan fingerprint density at radius 2 is 1.92 bits per heavy atom. The van der Waals surface area contributed by atoms with Crippen molar-refractivity contribution in [2.24, 2.45) is 0 Å². The summed E-state index contributed by atoms with van der Waals surface area (Å²) < 4.78 is 10.8. The van der Waals surface area contributed by atoms with Crippen LogP contribution in [0.2, 0.25) is 0 Å². The standard InChI is InChI=1S/C19H30N2O3/c1-3-24-17-10-9-16(15-18(17)23-2)19(22)20-11-8-14-21-12-6-4-5-7-13-21/h9-10,15H,3-8,11-14H2,1-2H3,(H,20,22). The summed E-state index contributed by atoms with van der Waals surface area (Å²) in [5.74, 6) is 1.19. The number of benzene rings is 1. The molecule has 0 radical (unpaired) electrons. The third-order valence-corrected chi connectivity index (χ3v) is 4.36. The van der Waals surface area contributed by atoms with Crippen LogP contribution in [0.25, 0.3) is 0 Å². The number of carbonyl (C=O) groups excluding carboxylic acids is 1. The Morgan fingerprint density at radius 1 is 1.17 bits per heavy atom. The lowest BCUT2D eigenvalue weighted by atomic mass is 10.2. The maximum absolute atomic E-state index is 12.3. The van der Waals surface area contributed by atoms with Crippen molar-refractivity contribution in [3.63, 3.8) is 0 Å². The van der Waals surface area contributed by atoms with Crippen LogP contribution in [-0.4, -0.2) is 50.7 Å². The molecule has 2 rings (SSSR count). The lowest BCUT2D eigenvalue weighted by Gasteiger charge is -2.19. The van der Waals surface area contributed by atoms with Crippen LogP contribution in [0.1, 0.15) is 49.4 Å². The van der Waals surface area contributed by atoms with Crippen LogP contribution in [-0.2, 0) is 0 Å². The highest BCUT2D eigenvalue weighted by Crippen LogP contribution is 2.27. The predicted octanol–water partition coefficient (Wildman–Crippen LogP) is 3.09. The normalized spacial score (nSPS) is 15.6. The van der Waals surface area contributed by atoms with Crippen molar-refractivity contribution in [3.8, 4) is 11.5 Å². The predicted molar refractivity (Wildman–Crippen MR) is 96.0 cm³/mol. The lowest BCUT2D eigenvalue weighted by molar-refractivity contribution is 0.0951. The SMILES string of the molecule is CCOc1ccc(C(=O)NCCCN2CCCCCC2)cc1OC. The third-order valence-electron chi connectivity index (χ3n) is 4.36. The molecule has 1 N–H and O–H groups in total. The van der Waals surface area contributed by atoms with Crippen molar-refractivity contribution >= 4 is 5.91 Å². The van der Waals surface area contributed by atoms with Crippen LogP contribution in [0.4, 0.5) is 0 Å². The Kier molecular flexibility index (Phi) is 7.89. The zero-order valence-electron chi connectivity index (χ0n) is 15.0. The summed E-state index contributed by atoms with van der Waals surface area (Å²) >= 11 is 0. The van der Waals surface area contributed by atoms with Gasteiger partial charge >= 0.3 is 0 Å². The summed E-state index contributed by atoms with van der Waals surface area (Å²) in [7, 11) is 1.58. The topological polar surface area (TPSA) is 50.8 Å². The number of rotatable bonds is 8. The fourth-order valence-corrected chi connectivity index (χ4v) is 3.05. The van der Waals surface area contributed by atoms with Gasteiger partial charge in [-0.2, -0.15) is 0 Å². The molecule has 0 aliphatic carbocycles. The van der Waals surface area contributed by atoms with Gasteiger partial charge < -0.3 is 19.7 Å². The summed E-state index contributed by atoms with van der Waals surface area (Å²) in [4.78, 5) is 14.8. The third kappa shape index (κ3) is 5.71. The van der Waals surface area contributed by atoms with Crippen LogP contribution in [0.3, 0.4) is 0 Å². The van der Waals surface area contributed by atoms with Crippen molar-refractivity contribution in [3.05, 3.63) is 23.8 Å². The van der Waals surface area contributed by atoms with Gasteiger partial charge in [-0.15, -0.1) is 0 Å². The molecular weight excluding hydrogens is 304 g/mol. The second-order valence-corrected chi connectivity index (χ2v) is 6.16. The first kappa shape index (κ1) is 18.6. The van der Waals surface area contributed by atoms with E-state index in [9.17, 15) is 4.79 Å². The van der Waals surface area contributed by atoms with Crippen molar-refractivity contribution in [1.82, 2.24) is 10.2 Å². The van der Waals surface area contributed by atoms with Crippen LogP contribution in [0.5, 0.6) is 11.5 Å². The van der Waals surface area contributed by atoms with Gasteiger partial charge in [-0.25, -0.2) is 0 Å². The highest BCUT2D eigenvalue weighted by Gasteiger charge is 2.12. The molecule has 1 amide bonds. The van der Waals surface area contributed by atoms with Gasteiger partial charge in [0.1, 0.15) is 0 Å². The first-order valence-corrected chi connectivity index (χ1v) is 9.06. The number of hydrogen-bond donors (Lipinski definition) is 1. The molecule has 0 aromatic heterocycles. The van der Waals surface area contributed by atoms with Crippen molar-refractivity contribution in [2.45, 2.75) is 39.0 Å². The Balaban J connectivity index is 1.77. The number of likely N-dealkylation sites (tertiary alicyclic amines) is 1. The number of carbonyl (C=O) groups is 1. The second kappa shape index (κ2) is 10.2. The number of nitrogens with one attached hydrogen (secondary N) is 1. The van der Waals surface area contributed by atoms with Gasteiger partial charge in [0, 0.05) is 12.1 Å². The van der Waals surface area contributed by atoms with Gasteiger partial charge in [0.25, 0.3) is 5.91 Å². The van der Waals surface area contributed by atoms with E-state index in [-0.39, 0.29) is 5.91 Å². The molecule has 5 nitrogen and oxygen atoms in total. The van der Waals surface area contributed by atoms with E-state index in [1.807, 2.05) is 6.92 Å². The fourth-order valence-electron chi connectivity index (χ4n) is 3.05. The van der Waals surface area contributed by atoms with Crippen molar-refractivity contribution in [1.29, 1.82) is 0 Å². The first-order valence-electron chi connectivity index (χ1n) is 9.06. The average molecular weight is 334 g/mol. The summed E-state index contributed by atoms with van der Waals surface area (Å²) in [5, 5.41) is 2.99. The molecule has 1 aromatic carbocycles. The fraction of sp³-hybridized carbons (Fsp3) is 0.632. The van der Waals surface area contributed by atoms with E-state index < -0.39 is 0 Å². The number of nitrogens with zero attached hydrogens (tertiary/aromatic N) is 1. The largest absolute Gasteiger partial charge is 0.493 e. The molecule has 1 aromatic rings. The maximum atomic E-state index is 12.3. The highest BCUT2D eigenvalue weighted by molar-refractivity contribution is 5.94. The Labute approximate surface area is 145 Å². The van der Waals surface area contributed by atoms with Crippen molar-refractivity contribution in [2.75, 3.05) is 39.9 Å². The van der Waals surface area contributed by atoms with Crippen LogP contribution in [0, 0.1) is 0 Å². The van der Waals surface area contributed by atoms with Gasteiger partial charge in [0.2, 0.25) is 0 Å². The average Bonchev–Trinajstić information content (AvgIpc) is 2.88. The van der Waals surface area contributed by atoms with Crippen LogP contribution >= 0.6 is 0 Å². The second-order valence-electron chi connectivity index (χ2n) is 6.16. The molecule has 1 saturated heterocycles. The van der Waals surface area contributed by atoms with Crippen molar-refractivity contribution < 1.29 is 14.3 Å². The minimum absolute atomic E-state index is 0.0628. The van der Waals surface area contributed by atoms with E-state index >= 15 is 0 Å². The van der Waals surface area contributed by atoms with E-state index in [0.717, 1.165) is 13.0 Å². The summed E-state index contributed by atoms with van der Waals surface area (Å²) in [5.41, 5.74) is 0.602. The van der Waals surface area contributed by atoms with Gasteiger partial charge in [-0.05, 0) is 64.0 Å². The Bertz CT molecular complexity index is 511. The molecular formula is C19H30N2O3.